The highest BCUT2D eigenvalue weighted by Crippen LogP contribution is 2.22. The summed E-state index contributed by atoms with van der Waals surface area (Å²) in [5.41, 5.74) is 0. The van der Waals surface area contributed by atoms with Crippen molar-refractivity contribution in [1.29, 1.82) is 0 Å². The van der Waals surface area contributed by atoms with E-state index in [0.717, 1.165) is 6.42 Å². The Labute approximate surface area is 151 Å². The fourth-order valence-electron chi connectivity index (χ4n) is 2.79. The van der Waals surface area contributed by atoms with Gasteiger partial charge >= 0.3 is 6.01 Å². The number of hydrogen-bond acceptors (Lipinski definition) is 6. The molecule has 136 valence electrons. The highest BCUT2D eigenvalue weighted by Gasteiger charge is 2.33. The minimum atomic E-state index is -3.65. The third-order valence-corrected chi connectivity index (χ3v) is 6.04. The monoisotopic (exact) mass is 385 g/mol. The first-order valence-corrected chi connectivity index (χ1v) is 9.90. The molecule has 0 radical (unpaired) electrons. The molecule has 3 heterocycles. The summed E-state index contributed by atoms with van der Waals surface area (Å²) in [5.74, 6) is 0.681. The number of sulfonamides is 1. The summed E-state index contributed by atoms with van der Waals surface area (Å²) < 4.78 is 34.7. The molecule has 1 unspecified atom stereocenters. The van der Waals surface area contributed by atoms with Gasteiger partial charge in [-0.05, 0) is 26.7 Å². The van der Waals surface area contributed by atoms with Crippen LogP contribution in [0.3, 0.4) is 0 Å². The van der Waals surface area contributed by atoms with Crippen molar-refractivity contribution in [2.75, 3.05) is 13.1 Å². The van der Waals surface area contributed by atoms with E-state index in [4.69, 9.17) is 16.3 Å². The van der Waals surface area contributed by atoms with E-state index in [1.165, 1.54) is 16.7 Å². The highest BCUT2D eigenvalue weighted by molar-refractivity contribution is 7.89. The summed E-state index contributed by atoms with van der Waals surface area (Å²) >= 11 is 5.75. The lowest BCUT2D eigenvalue weighted by Crippen LogP contribution is -2.44. The third kappa shape index (κ3) is 3.94. The van der Waals surface area contributed by atoms with Gasteiger partial charge in [0.1, 0.15) is 11.9 Å². The molecule has 1 saturated heterocycles. The maximum Gasteiger partial charge on any atom is 0.316 e. The van der Waals surface area contributed by atoms with E-state index in [0.29, 0.717) is 30.4 Å². The summed E-state index contributed by atoms with van der Waals surface area (Å²) in [6.45, 7) is 5.10. The molecule has 2 aromatic rings. The highest BCUT2D eigenvalue weighted by atomic mass is 35.5. The number of hydrogen-bond donors (Lipinski definition) is 0. The second-order valence-electron chi connectivity index (χ2n) is 5.84. The summed E-state index contributed by atoms with van der Waals surface area (Å²) in [6, 6.07) is 0.194. The SMILES string of the molecule is CCn1cc(S(=O)(=O)N2CCCC(Oc3ncc(Cl)cn3)C2)nc1C. The Morgan fingerprint density at radius 3 is 2.72 bits per heavy atom. The minimum absolute atomic E-state index is 0.0789. The van der Waals surface area contributed by atoms with Crippen molar-refractivity contribution >= 4 is 21.6 Å². The van der Waals surface area contributed by atoms with Crippen molar-refractivity contribution in [3.05, 3.63) is 29.4 Å². The van der Waals surface area contributed by atoms with E-state index >= 15 is 0 Å². The lowest BCUT2D eigenvalue weighted by atomic mass is 10.1. The van der Waals surface area contributed by atoms with Gasteiger partial charge in [-0.3, -0.25) is 0 Å². The summed E-state index contributed by atoms with van der Waals surface area (Å²) in [6.07, 6.45) is 5.60. The zero-order valence-electron chi connectivity index (χ0n) is 14.1. The van der Waals surface area contributed by atoms with Gasteiger partial charge in [0, 0.05) is 19.3 Å². The quantitative estimate of drug-likeness (QED) is 0.780. The molecular weight excluding hydrogens is 366 g/mol. The molecule has 1 aliphatic rings. The number of imidazole rings is 1. The molecule has 8 nitrogen and oxygen atoms in total. The van der Waals surface area contributed by atoms with E-state index in [1.807, 2.05) is 11.5 Å². The lowest BCUT2D eigenvalue weighted by Gasteiger charge is -2.30. The van der Waals surface area contributed by atoms with Gasteiger partial charge in [0.05, 0.1) is 24.0 Å². The number of ether oxygens (including phenoxy) is 1. The Morgan fingerprint density at radius 1 is 1.36 bits per heavy atom. The molecule has 3 rings (SSSR count). The van der Waals surface area contributed by atoms with Crippen LogP contribution in [0.25, 0.3) is 0 Å². The summed E-state index contributed by atoms with van der Waals surface area (Å²) in [7, 11) is -3.65. The molecule has 0 saturated carbocycles. The van der Waals surface area contributed by atoms with E-state index in [-0.39, 0.29) is 23.7 Å². The van der Waals surface area contributed by atoms with Crippen LogP contribution in [0.5, 0.6) is 6.01 Å². The van der Waals surface area contributed by atoms with Crippen molar-refractivity contribution < 1.29 is 13.2 Å². The molecule has 1 aliphatic heterocycles. The largest absolute Gasteiger partial charge is 0.459 e. The van der Waals surface area contributed by atoms with Crippen LogP contribution >= 0.6 is 11.6 Å². The van der Waals surface area contributed by atoms with Gasteiger partial charge in [-0.15, -0.1) is 0 Å². The third-order valence-electron chi connectivity index (χ3n) is 4.11. The number of piperidine rings is 1. The average Bonchev–Trinajstić information content (AvgIpc) is 2.99. The molecule has 1 fully saturated rings. The lowest BCUT2D eigenvalue weighted by molar-refractivity contribution is 0.119. The number of aromatic nitrogens is 4. The van der Waals surface area contributed by atoms with E-state index in [2.05, 4.69) is 15.0 Å². The number of rotatable bonds is 5. The fourth-order valence-corrected chi connectivity index (χ4v) is 4.39. The number of nitrogens with zero attached hydrogens (tertiary/aromatic N) is 5. The average molecular weight is 386 g/mol. The molecule has 25 heavy (non-hydrogen) atoms. The molecule has 0 aliphatic carbocycles. The topological polar surface area (TPSA) is 90.2 Å². The number of aryl methyl sites for hydroxylation is 2. The smallest absolute Gasteiger partial charge is 0.316 e. The number of halogens is 1. The maximum atomic E-state index is 12.9. The second-order valence-corrected chi connectivity index (χ2v) is 8.16. The predicted molar refractivity (Wildman–Crippen MR) is 92.1 cm³/mol. The molecule has 2 aromatic heterocycles. The van der Waals surface area contributed by atoms with Crippen LogP contribution in [0.4, 0.5) is 0 Å². The Balaban J connectivity index is 1.74. The zero-order valence-corrected chi connectivity index (χ0v) is 15.7. The van der Waals surface area contributed by atoms with Crippen LogP contribution in [0, 0.1) is 6.92 Å². The van der Waals surface area contributed by atoms with Crippen molar-refractivity contribution in [2.45, 2.75) is 44.4 Å². The summed E-state index contributed by atoms with van der Waals surface area (Å²) in [5, 5.41) is 0.498. The van der Waals surface area contributed by atoms with Crippen LogP contribution in [0.1, 0.15) is 25.6 Å². The Bertz CT molecular complexity index is 837. The van der Waals surface area contributed by atoms with Crippen LogP contribution in [-0.4, -0.2) is 51.4 Å². The van der Waals surface area contributed by atoms with Crippen molar-refractivity contribution in [1.82, 2.24) is 23.8 Å². The van der Waals surface area contributed by atoms with Gasteiger partial charge in [0.15, 0.2) is 5.03 Å². The molecule has 0 aromatic carbocycles. The molecule has 10 heteroatoms. The molecule has 0 amide bonds. The standard InChI is InChI=1S/C15H20ClN5O3S/c1-3-20-10-14(19-11(20)2)25(22,23)21-6-4-5-13(9-21)24-15-17-7-12(16)8-18-15/h7-8,10,13H,3-6,9H2,1-2H3. The van der Waals surface area contributed by atoms with Gasteiger partial charge < -0.3 is 9.30 Å². The van der Waals surface area contributed by atoms with Gasteiger partial charge in [-0.1, -0.05) is 11.6 Å². The first kappa shape index (κ1) is 18.1. The van der Waals surface area contributed by atoms with Crippen LogP contribution in [-0.2, 0) is 16.6 Å². The van der Waals surface area contributed by atoms with E-state index in [9.17, 15) is 8.42 Å². The Hall–Kier alpha value is -1.71. The van der Waals surface area contributed by atoms with Gasteiger partial charge in [-0.25, -0.2) is 23.4 Å². The molecule has 0 N–H and O–H groups in total. The molecule has 0 spiro atoms. The van der Waals surface area contributed by atoms with Crippen LogP contribution in [0.15, 0.2) is 23.6 Å². The fraction of sp³-hybridized carbons (Fsp3) is 0.533. The van der Waals surface area contributed by atoms with Gasteiger partial charge in [0.2, 0.25) is 0 Å². The van der Waals surface area contributed by atoms with Gasteiger partial charge in [-0.2, -0.15) is 4.31 Å². The maximum absolute atomic E-state index is 12.9. The van der Waals surface area contributed by atoms with E-state index in [1.54, 1.807) is 13.1 Å². The minimum Gasteiger partial charge on any atom is -0.459 e. The summed E-state index contributed by atoms with van der Waals surface area (Å²) in [4.78, 5) is 12.2. The first-order chi connectivity index (χ1) is 11.9. The first-order valence-electron chi connectivity index (χ1n) is 8.08. The second kappa shape index (κ2) is 7.27. The normalized spacial score (nSPS) is 19.1. The molecule has 0 bridgehead atoms. The van der Waals surface area contributed by atoms with Gasteiger partial charge in [0.25, 0.3) is 10.0 Å². The van der Waals surface area contributed by atoms with Crippen LogP contribution in [0.2, 0.25) is 5.02 Å². The van der Waals surface area contributed by atoms with Crippen LogP contribution < -0.4 is 4.74 Å². The Morgan fingerprint density at radius 2 is 2.08 bits per heavy atom. The van der Waals surface area contributed by atoms with Crippen molar-refractivity contribution in [3.8, 4) is 6.01 Å². The molecule has 1 atom stereocenters. The van der Waals surface area contributed by atoms with Crippen molar-refractivity contribution in [2.24, 2.45) is 0 Å². The van der Waals surface area contributed by atoms with E-state index < -0.39 is 10.0 Å². The Kier molecular flexibility index (Phi) is 5.26. The zero-order chi connectivity index (χ0) is 18.0. The predicted octanol–water partition coefficient (Wildman–Crippen LogP) is 1.89. The van der Waals surface area contributed by atoms with Crippen molar-refractivity contribution in [3.63, 3.8) is 0 Å². The molecular formula is C15H20ClN5O3S.